The molecule has 0 aliphatic carbocycles. The van der Waals surface area contributed by atoms with Gasteiger partial charge < -0.3 is 11.1 Å². The van der Waals surface area contributed by atoms with E-state index < -0.39 is 0 Å². The molecule has 0 aromatic heterocycles. The van der Waals surface area contributed by atoms with Gasteiger partial charge in [-0.2, -0.15) is 0 Å². The van der Waals surface area contributed by atoms with E-state index in [0.29, 0.717) is 11.3 Å². The standard InChI is InChI=1S/C16H17FN2S/c1-2-14(11-6-4-3-5-7-11)19-15-9-8-12(16(18)20)10-13(15)17/h3-10,14,19H,2H2,1H3,(H2,18,20). The molecule has 2 aromatic carbocycles. The molecule has 20 heavy (non-hydrogen) atoms. The van der Waals surface area contributed by atoms with Gasteiger partial charge in [0.15, 0.2) is 0 Å². The zero-order valence-corrected chi connectivity index (χ0v) is 12.1. The second-order valence-electron chi connectivity index (χ2n) is 4.57. The van der Waals surface area contributed by atoms with Crippen molar-refractivity contribution in [2.45, 2.75) is 19.4 Å². The summed E-state index contributed by atoms with van der Waals surface area (Å²) in [6.07, 6.45) is 0.862. The van der Waals surface area contributed by atoms with Crippen LogP contribution >= 0.6 is 12.2 Å². The van der Waals surface area contributed by atoms with Crippen LogP contribution in [0.4, 0.5) is 10.1 Å². The summed E-state index contributed by atoms with van der Waals surface area (Å²) in [6.45, 7) is 2.06. The summed E-state index contributed by atoms with van der Waals surface area (Å²) < 4.78 is 14.0. The molecule has 0 spiro atoms. The van der Waals surface area contributed by atoms with Crippen molar-refractivity contribution in [2.24, 2.45) is 5.73 Å². The number of rotatable bonds is 5. The van der Waals surface area contributed by atoms with Crippen LogP contribution in [0.25, 0.3) is 0 Å². The maximum Gasteiger partial charge on any atom is 0.147 e. The van der Waals surface area contributed by atoms with Crippen molar-refractivity contribution in [2.75, 3.05) is 5.32 Å². The Bertz CT molecular complexity index is 599. The quantitative estimate of drug-likeness (QED) is 0.816. The molecule has 4 heteroatoms. The maximum atomic E-state index is 14.0. The van der Waals surface area contributed by atoms with Gasteiger partial charge in [-0.05, 0) is 30.2 Å². The van der Waals surface area contributed by atoms with Gasteiger partial charge in [-0.3, -0.25) is 0 Å². The molecule has 1 unspecified atom stereocenters. The molecule has 0 amide bonds. The third kappa shape index (κ3) is 3.33. The average molecular weight is 288 g/mol. The molecule has 0 aliphatic heterocycles. The summed E-state index contributed by atoms with van der Waals surface area (Å²) in [5, 5.41) is 3.22. The summed E-state index contributed by atoms with van der Waals surface area (Å²) in [7, 11) is 0. The fourth-order valence-corrected chi connectivity index (χ4v) is 2.21. The van der Waals surface area contributed by atoms with Gasteiger partial charge in [0.25, 0.3) is 0 Å². The molecule has 2 nitrogen and oxygen atoms in total. The van der Waals surface area contributed by atoms with E-state index in [2.05, 4.69) is 12.2 Å². The van der Waals surface area contributed by atoms with Gasteiger partial charge in [0.1, 0.15) is 10.8 Å². The highest BCUT2D eigenvalue weighted by Gasteiger charge is 2.12. The molecule has 0 heterocycles. The molecule has 3 N–H and O–H groups in total. The third-order valence-electron chi connectivity index (χ3n) is 3.19. The molecular weight excluding hydrogens is 271 g/mol. The third-order valence-corrected chi connectivity index (χ3v) is 3.43. The van der Waals surface area contributed by atoms with E-state index in [1.54, 1.807) is 12.1 Å². The van der Waals surface area contributed by atoms with Gasteiger partial charge >= 0.3 is 0 Å². The van der Waals surface area contributed by atoms with Crippen LogP contribution in [-0.4, -0.2) is 4.99 Å². The summed E-state index contributed by atoms with van der Waals surface area (Å²) >= 11 is 4.84. The highest BCUT2D eigenvalue weighted by atomic mass is 32.1. The van der Waals surface area contributed by atoms with Crippen molar-refractivity contribution in [1.29, 1.82) is 0 Å². The summed E-state index contributed by atoms with van der Waals surface area (Å²) in [4.78, 5) is 0.200. The summed E-state index contributed by atoms with van der Waals surface area (Å²) in [5.74, 6) is -0.343. The Kier molecular flexibility index (Phi) is 4.69. The first kappa shape index (κ1) is 14.5. The lowest BCUT2D eigenvalue weighted by molar-refractivity contribution is 0.623. The van der Waals surface area contributed by atoms with Crippen LogP contribution in [0.2, 0.25) is 0 Å². The highest BCUT2D eigenvalue weighted by molar-refractivity contribution is 7.80. The molecule has 0 saturated carbocycles. The van der Waals surface area contributed by atoms with Gasteiger partial charge in [0, 0.05) is 5.56 Å². The molecule has 0 fully saturated rings. The Morgan fingerprint density at radius 1 is 1.25 bits per heavy atom. The Morgan fingerprint density at radius 2 is 1.95 bits per heavy atom. The number of hydrogen-bond donors (Lipinski definition) is 2. The van der Waals surface area contributed by atoms with E-state index in [4.69, 9.17) is 18.0 Å². The van der Waals surface area contributed by atoms with Gasteiger partial charge in [-0.1, -0.05) is 49.5 Å². The first-order chi connectivity index (χ1) is 9.61. The van der Waals surface area contributed by atoms with Crippen molar-refractivity contribution >= 4 is 22.9 Å². The molecule has 2 aromatic rings. The van der Waals surface area contributed by atoms with E-state index in [9.17, 15) is 4.39 Å². The smallest absolute Gasteiger partial charge is 0.147 e. The fraction of sp³-hybridized carbons (Fsp3) is 0.188. The van der Waals surface area contributed by atoms with Gasteiger partial charge in [0.2, 0.25) is 0 Å². The van der Waals surface area contributed by atoms with Crippen LogP contribution in [0.1, 0.15) is 30.5 Å². The van der Waals surface area contributed by atoms with Crippen LogP contribution in [0, 0.1) is 5.82 Å². The second kappa shape index (κ2) is 6.48. The minimum absolute atomic E-state index is 0.0707. The Morgan fingerprint density at radius 3 is 2.50 bits per heavy atom. The number of nitrogens with two attached hydrogens (primary N) is 1. The van der Waals surface area contributed by atoms with Crippen LogP contribution in [0.5, 0.6) is 0 Å². The average Bonchev–Trinajstić information content (AvgIpc) is 2.46. The SMILES string of the molecule is CCC(Nc1ccc(C(N)=S)cc1F)c1ccccc1. The Balaban J connectivity index is 2.22. The lowest BCUT2D eigenvalue weighted by Gasteiger charge is -2.19. The normalized spacial score (nSPS) is 11.9. The van der Waals surface area contributed by atoms with Crippen molar-refractivity contribution in [3.8, 4) is 0 Å². The van der Waals surface area contributed by atoms with E-state index in [-0.39, 0.29) is 16.8 Å². The number of halogens is 1. The molecule has 0 radical (unpaired) electrons. The molecular formula is C16H17FN2S. The van der Waals surface area contributed by atoms with Crippen LogP contribution in [0.3, 0.4) is 0 Å². The number of thiocarbonyl (C=S) groups is 1. The molecule has 104 valence electrons. The van der Waals surface area contributed by atoms with Crippen molar-refractivity contribution < 1.29 is 4.39 Å². The molecule has 0 saturated heterocycles. The fourth-order valence-electron chi connectivity index (χ4n) is 2.08. The van der Waals surface area contributed by atoms with Crippen LogP contribution < -0.4 is 11.1 Å². The number of hydrogen-bond acceptors (Lipinski definition) is 2. The first-order valence-corrected chi connectivity index (χ1v) is 6.93. The van der Waals surface area contributed by atoms with E-state index in [1.165, 1.54) is 6.07 Å². The maximum absolute atomic E-state index is 14.0. The predicted molar refractivity (Wildman–Crippen MR) is 85.4 cm³/mol. The topological polar surface area (TPSA) is 38.0 Å². The molecule has 2 rings (SSSR count). The minimum Gasteiger partial charge on any atom is -0.389 e. The second-order valence-corrected chi connectivity index (χ2v) is 5.01. The Labute approximate surface area is 123 Å². The number of anilines is 1. The van der Waals surface area contributed by atoms with Crippen molar-refractivity contribution in [3.05, 3.63) is 65.5 Å². The van der Waals surface area contributed by atoms with E-state index >= 15 is 0 Å². The Hall–Kier alpha value is -1.94. The molecule has 1 atom stereocenters. The van der Waals surface area contributed by atoms with E-state index in [1.807, 2.05) is 30.3 Å². The minimum atomic E-state index is -0.343. The highest BCUT2D eigenvalue weighted by Crippen LogP contribution is 2.24. The summed E-state index contributed by atoms with van der Waals surface area (Å²) in [5.41, 5.74) is 7.62. The largest absolute Gasteiger partial charge is 0.389 e. The van der Waals surface area contributed by atoms with Gasteiger partial charge in [0.05, 0.1) is 11.7 Å². The number of nitrogens with one attached hydrogen (secondary N) is 1. The van der Waals surface area contributed by atoms with Crippen molar-refractivity contribution in [1.82, 2.24) is 0 Å². The summed E-state index contributed by atoms with van der Waals surface area (Å²) in [6, 6.07) is 14.8. The molecule has 0 bridgehead atoms. The van der Waals surface area contributed by atoms with E-state index in [0.717, 1.165) is 12.0 Å². The lowest BCUT2D eigenvalue weighted by atomic mass is 10.0. The van der Waals surface area contributed by atoms with Crippen LogP contribution in [0.15, 0.2) is 48.5 Å². The predicted octanol–water partition coefficient (Wildman–Crippen LogP) is 4.02. The van der Waals surface area contributed by atoms with Crippen LogP contribution in [-0.2, 0) is 0 Å². The lowest BCUT2D eigenvalue weighted by Crippen LogP contribution is -2.13. The van der Waals surface area contributed by atoms with Gasteiger partial charge in [-0.25, -0.2) is 4.39 Å². The number of benzene rings is 2. The van der Waals surface area contributed by atoms with Gasteiger partial charge in [-0.15, -0.1) is 0 Å². The van der Waals surface area contributed by atoms with Crippen molar-refractivity contribution in [3.63, 3.8) is 0 Å². The zero-order valence-electron chi connectivity index (χ0n) is 11.3. The molecule has 0 aliphatic rings. The first-order valence-electron chi connectivity index (χ1n) is 6.52. The monoisotopic (exact) mass is 288 g/mol. The zero-order chi connectivity index (χ0) is 14.5.